The molecule has 0 spiro atoms. The van der Waals surface area contributed by atoms with Crippen molar-refractivity contribution in [3.8, 4) is 0 Å². The van der Waals surface area contributed by atoms with Gasteiger partial charge in [0.15, 0.2) is 0 Å². The van der Waals surface area contributed by atoms with Gasteiger partial charge in [0.25, 0.3) is 0 Å². The summed E-state index contributed by atoms with van der Waals surface area (Å²) in [7, 11) is 2.03. The molecule has 2 heterocycles. The summed E-state index contributed by atoms with van der Waals surface area (Å²) in [5, 5.41) is 10.5. The molecule has 0 saturated carbocycles. The van der Waals surface area contributed by atoms with Crippen LogP contribution in [0.15, 0.2) is 30.5 Å². The molecule has 1 amide bonds. The third-order valence-electron chi connectivity index (χ3n) is 4.62. The van der Waals surface area contributed by atoms with Crippen LogP contribution in [-0.2, 0) is 23.0 Å². The van der Waals surface area contributed by atoms with Crippen molar-refractivity contribution >= 4 is 16.8 Å². The van der Waals surface area contributed by atoms with Gasteiger partial charge in [-0.2, -0.15) is 0 Å². The monoisotopic (exact) mass is 316 g/mol. The summed E-state index contributed by atoms with van der Waals surface area (Å²) in [5.41, 5.74) is 2.39. The molecule has 2 aromatic rings. The third-order valence-corrected chi connectivity index (χ3v) is 4.62. The van der Waals surface area contributed by atoms with Crippen LogP contribution in [0.5, 0.6) is 0 Å². The van der Waals surface area contributed by atoms with Crippen LogP contribution in [0.4, 0.5) is 0 Å². The Kier molecular flexibility index (Phi) is 4.68. The maximum absolute atomic E-state index is 12.6. The molecule has 1 N–H and O–H groups in total. The molecule has 124 valence electrons. The van der Waals surface area contributed by atoms with Gasteiger partial charge < -0.3 is 19.3 Å². The van der Waals surface area contributed by atoms with Gasteiger partial charge in [0.05, 0.1) is 25.4 Å². The molecule has 0 aliphatic carbocycles. The zero-order valence-corrected chi connectivity index (χ0v) is 13.7. The zero-order chi connectivity index (χ0) is 16.4. The molecule has 0 radical (unpaired) electrons. The van der Waals surface area contributed by atoms with E-state index in [0.29, 0.717) is 19.6 Å². The summed E-state index contributed by atoms with van der Waals surface area (Å²) >= 11 is 0. The molecule has 1 aliphatic rings. The number of hydrogen-bond acceptors (Lipinski definition) is 3. The summed E-state index contributed by atoms with van der Waals surface area (Å²) < 4.78 is 7.60. The second-order valence-electron chi connectivity index (χ2n) is 6.32. The van der Waals surface area contributed by atoms with Gasteiger partial charge in [0, 0.05) is 37.1 Å². The van der Waals surface area contributed by atoms with Crippen LogP contribution < -0.4 is 0 Å². The van der Waals surface area contributed by atoms with E-state index in [1.807, 2.05) is 31.0 Å². The Bertz CT molecular complexity index is 695. The van der Waals surface area contributed by atoms with Crippen molar-refractivity contribution in [2.24, 2.45) is 7.05 Å². The number of fused-ring (bicyclic) bond motifs is 1. The number of amides is 1. The van der Waals surface area contributed by atoms with Gasteiger partial charge in [-0.1, -0.05) is 18.2 Å². The van der Waals surface area contributed by atoms with Crippen LogP contribution in [0.3, 0.4) is 0 Å². The molecule has 1 aliphatic heterocycles. The number of benzene rings is 1. The van der Waals surface area contributed by atoms with E-state index in [1.54, 1.807) is 0 Å². The number of para-hydroxylation sites is 1. The summed E-state index contributed by atoms with van der Waals surface area (Å²) in [5.74, 6) is 0.132. The molecule has 3 rings (SSSR count). The number of aliphatic hydroxyl groups is 1. The molecule has 2 unspecified atom stereocenters. The van der Waals surface area contributed by atoms with Crippen molar-refractivity contribution in [1.82, 2.24) is 9.47 Å². The molecule has 1 saturated heterocycles. The second kappa shape index (κ2) is 6.72. The van der Waals surface area contributed by atoms with E-state index in [0.717, 1.165) is 6.42 Å². The van der Waals surface area contributed by atoms with E-state index < -0.39 is 0 Å². The lowest BCUT2D eigenvalue weighted by molar-refractivity contribution is -0.146. The van der Waals surface area contributed by atoms with Gasteiger partial charge in [-0.05, 0) is 25.0 Å². The normalized spacial score (nSPS) is 21.8. The molecule has 1 aromatic heterocycles. The largest absolute Gasteiger partial charge is 0.394 e. The lowest BCUT2D eigenvalue weighted by Crippen LogP contribution is -2.52. The number of aryl methyl sites for hydroxylation is 2. The van der Waals surface area contributed by atoms with Crippen molar-refractivity contribution in [3.05, 3.63) is 36.0 Å². The van der Waals surface area contributed by atoms with Crippen LogP contribution in [-0.4, -0.2) is 52.4 Å². The van der Waals surface area contributed by atoms with Crippen LogP contribution in [0.2, 0.25) is 0 Å². The van der Waals surface area contributed by atoms with Gasteiger partial charge in [-0.15, -0.1) is 0 Å². The highest BCUT2D eigenvalue weighted by molar-refractivity contribution is 5.85. The van der Waals surface area contributed by atoms with Crippen LogP contribution >= 0.6 is 0 Å². The minimum Gasteiger partial charge on any atom is -0.394 e. The zero-order valence-electron chi connectivity index (χ0n) is 13.7. The second-order valence-corrected chi connectivity index (χ2v) is 6.32. The highest BCUT2D eigenvalue weighted by Gasteiger charge is 2.28. The Morgan fingerprint density at radius 2 is 2.17 bits per heavy atom. The standard InChI is InChI=1S/C18H24N2O3/c1-13-12-23-15(11-21)10-20(13)18(22)8-7-14-9-19(2)17-6-4-3-5-16(14)17/h3-6,9,13,15,21H,7-8,10-12H2,1-2H3. The number of morpholine rings is 1. The highest BCUT2D eigenvalue weighted by atomic mass is 16.5. The lowest BCUT2D eigenvalue weighted by Gasteiger charge is -2.37. The molecular weight excluding hydrogens is 292 g/mol. The molecule has 1 aromatic carbocycles. The summed E-state index contributed by atoms with van der Waals surface area (Å²) in [6.45, 7) is 2.92. The minimum absolute atomic E-state index is 0.0418. The number of aliphatic hydroxyl groups excluding tert-OH is 1. The quantitative estimate of drug-likeness (QED) is 0.934. The summed E-state index contributed by atoms with van der Waals surface area (Å²) in [6.07, 6.45) is 3.06. The van der Waals surface area contributed by atoms with Crippen LogP contribution in [0.1, 0.15) is 18.9 Å². The number of carbonyl (C=O) groups excluding carboxylic acids is 1. The predicted octanol–water partition coefficient (Wildman–Crippen LogP) is 1.72. The van der Waals surface area contributed by atoms with E-state index in [1.165, 1.54) is 16.5 Å². The SMILES string of the molecule is CC1COC(CO)CN1C(=O)CCc1cn(C)c2ccccc12. The van der Waals surface area contributed by atoms with E-state index in [4.69, 9.17) is 4.74 Å². The van der Waals surface area contributed by atoms with E-state index >= 15 is 0 Å². The van der Waals surface area contributed by atoms with Crippen LogP contribution in [0, 0.1) is 0 Å². The minimum atomic E-state index is -0.257. The first-order valence-corrected chi connectivity index (χ1v) is 8.15. The number of carbonyl (C=O) groups is 1. The fourth-order valence-electron chi connectivity index (χ4n) is 3.29. The van der Waals surface area contributed by atoms with Crippen molar-refractivity contribution in [2.75, 3.05) is 19.8 Å². The van der Waals surface area contributed by atoms with Gasteiger partial charge in [-0.3, -0.25) is 4.79 Å². The van der Waals surface area contributed by atoms with E-state index in [9.17, 15) is 9.90 Å². The van der Waals surface area contributed by atoms with Crippen molar-refractivity contribution in [1.29, 1.82) is 0 Å². The van der Waals surface area contributed by atoms with E-state index in [2.05, 4.69) is 22.9 Å². The van der Waals surface area contributed by atoms with Crippen molar-refractivity contribution < 1.29 is 14.6 Å². The molecule has 2 atom stereocenters. The van der Waals surface area contributed by atoms with Gasteiger partial charge in [-0.25, -0.2) is 0 Å². The number of rotatable bonds is 4. The Hall–Kier alpha value is -1.85. The average Bonchev–Trinajstić information content (AvgIpc) is 2.90. The van der Waals surface area contributed by atoms with Crippen LogP contribution in [0.25, 0.3) is 10.9 Å². The maximum Gasteiger partial charge on any atom is 0.223 e. The fraction of sp³-hybridized carbons (Fsp3) is 0.500. The molecule has 5 nitrogen and oxygen atoms in total. The average molecular weight is 316 g/mol. The molecule has 0 bridgehead atoms. The van der Waals surface area contributed by atoms with Gasteiger partial charge >= 0.3 is 0 Å². The first-order chi connectivity index (χ1) is 11.1. The third kappa shape index (κ3) is 3.26. The number of hydrogen-bond donors (Lipinski definition) is 1. The molecule has 1 fully saturated rings. The Balaban J connectivity index is 1.68. The Labute approximate surface area is 136 Å². The number of nitrogens with zero attached hydrogens (tertiary/aromatic N) is 2. The maximum atomic E-state index is 12.6. The summed E-state index contributed by atoms with van der Waals surface area (Å²) in [6, 6.07) is 8.33. The smallest absolute Gasteiger partial charge is 0.223 e. The lowest BCUT2D eigenvalue weighted by atomic mass is 10.1. The Morgan fingerprint density at radius 1 is 1.39 bits per heavy atom. The highest BCUT2D eigenvalue weighted by Crippen LogP contribution is 2.22. The first-order valence-electron chi connectivity index (χ1n) is 8.15. The Morgan fingerprint density at radius 3 is 2.96 bits per heavy atom. The number of ether oxygens (including phenoxy) is 1. The topological polar surface area (TPSA) is 54.7 Å². The number of aromatic nitrogens is 1. The molecule has 5 heteroatoms. The van der Waals surface area contributed by atoms with E-state index in [-0.39, 0.29) is 24.7 Å². The van der Waals surface area contributed by atoms with Gasteiger partial charge in [0.2, 0.25) is 5.91 Å². The predicted molar refractivity (Wildman–Crippen MR) is 89.2 cm³/mol. The molecular formula is C18H24N2O3. The summed E-state index contributed by atoms with van der Waals surface area (Å²) in [4.78, 5) is 14.4. The first kappa shape index (κ1) is 16.0. The van der Waals surface area contributed by atoms with Crippen molar-refractivity contribution in [3.63, 3.8) is 0 Å². The molecule has 23 heavy (non-hydrogen) atoms. The van der Waals surface area contributed by atoms with Crippen molar-refractivity contribution in [2.45, 2.75) is 31.9 Å². The fourth-order valence-corrected chi connectivity index (χ4v) is 3.29. The van der Waals surface area contributed by atoms with Gasteiger partial charge in [0.1, 0.15) is 0 Å².